The molecule has 4 atom stereocenters. The van der Waals surface area contributed by atoms with E-state index in [1.54, 1.807) is 0 Å². The van der Waals surface area contributed by atoms with Gasteiger partial charge in [0, 0.05) is 10.8 Å². The van der Waals surface area contributed by atoms with E-state index in [-0.39, 0.29) is 17.4 Å². The molecular weight excluding hydrogens is 639 g/mol. The maximum atomic E-state index is 2.58. The molecule has 5 aliphatic rings. The number of anilines is 1. The van der Waals surface area contributed by atoms with Gasteiger partial charge in [-0.3, -0.25) is 0 Å². The van der Waals surface area contributed by atoms with Crippen molar-refractivity contribution in [1.82, 2.24) is 4.57 Å². The Hall–Kier alpha value is -6.19. The first-order valence-corrected chi connectivity index (χ1v) is 19.0. The van der Waals surface area contributed by atoms with Gasteiger partial charge in [0.15, 0.2) is 0 Å². The zero-order valence-corrected chi connectivity index (χ0v) is 29.2. The fourth-order valence-electron chi connectivity index (χ4n) is 10.6. The van der Waals surface area contributed by atoms with Crippen molar-refractivity contribution in [3.63, 3.8) is 0 Å². The summed E-state index contributed by atoms with van der Waals surface area (Å²) >= 11 is 0. The molecule has 53 heavy (non-hydrogen) atoms. The van der Waals surface area contributed by atoms with Crippen molar-refractivity contribution in [2.24, 2.45) is 5.92 Å². The van der Waals surface area contributed by atoms with Gasteiger partial charge >= 0.3 is 224 Å². The van der Waals surface area contributed by atoms with Crippen LogP contribution >= 0.6 is 0 Å². The second kappa shape index (κ2) is 10.9. The molecule has 0 amide bonds. The molecule has 0 N–H and O–H groups in total. The fraction of sp³-hybridized carbons (Fsp3) is 0.100. The average molecular weight is 675 g/mol. The van der Waals surface area contributed by atoms with Crippen LogP contribution in [0, 0.1) is 5.92 Å². The van der Waals surface area contributed by atoms with Crippen molar-refractivity contribution < 1.29 is 0 Å². The molecule has 4 unspecified atom stereocenters. The summed E-state index contributed by atoms with van der Waals surface area (Å²) in [6.45, 7) is 2.43. The van der Waals surface area contributed by atoms with Crippen LogP contribution in [-0.2, 0) is 5.41 Å². The Morgan fingerprint density at radius 1 is 0.585 bits per heavy atom. The molecule has 1 aromatic heterocycles. The van der Waals surface area contributed by atoms with Crippen LogP contribution in [0.25, 0.3) is 49.8 Å². The first kappa shape index (κ1) is 29.4. The summed E-state index contributed by atoms with van der Waals surface area (Å²) in [5.74, 6) is 0.613. The van der Waals surface area contributed by atoms with E-state index in [4.69, 9.17) is 0 Å². The molecule has 12 rings (SSSR count). The van der Waals surface area contributed by atoms with E-state index >= 15 is 0 Å². The Morgan fingerprint density at radius 3 is 2.26 bits per heavy atom. The topological polar surface area (TPSA) is 8.17 Å². The van der Waals surface area contributed by atoms with Crippen LogP contribution in [0.4, 0.5) is 5.69 Å². The predicted molar refractivity (Wildman–Crippen MR) is 223 cm³/mol. The van der Waals surface area contributed by atoms with Crippen molar-refractivity contribution >= 4 is 45.7 Å². The number of fused-ring (bicyclic) bond motifs is 13. The summed E-state index contributed by atoms with van der Waals surface area (Å²) in [5, 5.41) is 2.66. The van der Waals surface area contributed by atoms with Gasteiger partial charge in [0.05, 0.1) is 5.52 Å². The SMILES string of the molecule is B1=C(c2ccccc2)N(c2ccc(-c3ccc4c(c3)C3(c5ccccc5-4)c4cccc5c6ccccc6n(c45)C4=CC=CCC43)cc2)C2C=CC=CC12. The molecule has 0 saturated carbocycles. The van der Waals surface area contributed by atoms with Gasteiger partial charge in [-0.2, -0.15) is 0 Å². The standard InChI is InChI=1S/C50H35BN2/c1-2-13-33(14-3-1)49-51-44-21-8-11-24-47(44)52(49)35-28-25-32(26-29-35)34-27-30-37-36-15-4-6-18-40(36)50(43(37)31-34)41-19-7-10-23-46(41)53-45-22-9-5-16-38(45)39-17-12-20-42(50)48(39)53/h1-18,20-31,41,44,47H,19H2. The monoisotopic (exact) mass is 674 g/mol. The van der Waals surface area contributed by atoms with Crippen molar-refractivity contribution in [2.75, 3.05) is 4.90 Å². The zero-order chi connectivity index (χ0) is 34.7. The molecule has 2 nitrogen and oxygen atoms in total. The summed E-state index contributed by atoms with van der Waals surface area (Å²) in [4.78, 5) is 2.52. The van der Waals surface area contributed by atoms with Gasteiger partial charge in [-0.15, -0.1) is 0 Å². The Morgan fingerprint density at radius 2 is 1.34 bits per heavy atom. The number of hydrogen-bond acceptors (Lipinski definition) is 1. The van der Waals surface area contributed by atoms with Crippen molar-refractivity contribution in [1.29, 1.82) is 0 Å². The summed E-state index contributed by atoms with van der Waals surface area (Å²) in [5.41, 5.74) is 17.0. The molecule has 3 aliphatic carbocycles. The number of allylic oxidation sites excluding steroid dienone is 6. The first-order valence-electron chi connectivity index (χ1n) is 19.0. The molecule has 0 saturated heterocycles. The molecule has 3 heteroatoms. The molecule has 7 aromatic rings. The maximum absolute atomic E-state index is 2.58. The van der Waals surface area contributed by atoms with Gasteiger partial charge in [0.25, 0.3) is 0 Å². The number of para-hydroxylation sites is 2. The Kier molecular flexibility index (Phi) is 6.05. The molecule has 6 aromatic carbocycles. The van der Waals surface area contributed by atoms with Gasteiger partial charge in [-0.1, -0.05) is 54.6 Å². The van der Waals surface area contributed by atoms with Crippen molar-refractivity contribution in [2.45, 2.75) is 23.7 Å². The molecule has 3 heterocycles. The van der Waals surface area contributed by atoms with Crippen LogP contribution < -0.4 is 4.90 Å². The summed E-state index contributed by atoms with van der Waals surface area (Å²) < 4.78 is 2.58. The minimum absolute atomic E-state index is 0.255. The second-order valence-electron chi connectivity index (χ2n) is 15.1. The summed E-state index contributed by atoms with van der Waals surface area (Å²) in [6.07, 6.45) is 17.1. The number of aromatic nitrogens is 1. The minimum atomic E-state index is -0.316. The number of nitrogens with zero attached hydrogens (tertiary/aromatic N) is 2. The molecule has 0 radical (unpaired) electrons. The third-order valence-electron chi connectivity index (χ3n) is 12.7. The van der Waals surface area contributed by atoms with Gasteiger partial charge in [0.2, 0.25) is 0 Å². The van der Waals surface area contributed by atoms with Gasteiger partial charge < -0.3 is 4.57 Å². The van der Waals surface area contributed by atoms with E-state index < -0.39 is 0 Å². The third kappa shape index (κ3) is 3.87. The van der Waals surface area contributed by atoms with E-state index in [1.807, 2.05) is 0 Å². The second-order valence-corrected chi connectivity index (χ2v) is 15.1. The first-order chi connectivity index (χ1) is 26.3. The Bertz CT molecular complexity index is 2830. The number of benzene rings is 6. The van der Waals surface area contributed by atoms with Gasteiger partial charge in [-0.25, -0.2) is 0 Å². The van der Waals surface area contributed by atoms with E-state index in [1.165, 1.54) is 83.3 Å². The quantitative estimate of drug-likeness (QED) is 0.169. The fourth-order valence-corrected chi connectivity index (χ4v) is 10.6. The van der Waals surface area contributed by atoms with E-state index in [2.05, 4.69) is 198 Å². The molecule has 2 aliphatic heterocycles. The van der Waals surface area contributed by atoms with Gasteiger partial charge in [-0.05, 0) is 12.1 Å². The van der Waals surface area contributed by atoms with E-state index in [0.29, 0.717) is 5.82 Å². The Labute approximate surface area is 310 Å². The summed E-state index contributed by atoms with van der Waals surface area (Å²) in [6, 6.07) is 52.9. The predicted octanol–water partition coefficient (Wildman–Crippen LogP) is 11.2. The van der Waals surface area contributed by atoms with E-state index in [9.17, 15) is 0 Å². The van der Waals surface area contributed by atoms with Crippen molar-refractivity contribution in [3.05, 3.63) is 204 Å². The zero-order valence-electron chi connectivity index (χ0n) is 29.2. The average Bonchev–Trinajstić information content (AvgIpc) is 3.88. The molecular formula is C50H35BN2. The number of hydrogen-bond donors (Lipinski definition) is 0. The van der Waals surface area contributed by atoms with Crippen LogP contribution in [0.2, 0.25) is 5.82 Å². The third-order valence-corrected chi connectivity index (χ3v) is 12.7. The van der Waals surface area contributed by atoms with Crippen molar-refractivity contribution in [3.8, 4) is 22.3 Å². The van der Waals surface area contributed by atoms with Crippen LogP contribution in [0.1, 0.15) is 28.7 Å². The normalized spacial score (nSPS) is 22.7. The summed E-state index contributed by atoms with van der Waals surface area (Å²) in [7, 11) is 0. The molecule has 248 valence electrons. The number of rotatable bonds is 3. The Balaban J connectivity index is 1.04. The molecule has 0 bridgehead atoms. The van der Waals surface area contributed by atoms with Crippen LogP contribution in [0.3, 0.4) is 0 Å². The van der Waals surface area contributed by atoms with Crippen LogP contribution in [0.15, 0.2) is 182 Å². The molecule has 0 fully saturated rings. The van der Waals surface area contributed by atoms with Crippen LogP contribution in [-0.4, -0.2) is 23.1 Å². The van der Waals surface area contributed by atoms with E-state index in [0.717, 1.165) is 6.42 Å². The van der Waals surface area contributed by atoms with Gasteiger partial charge in [0.1, 0.15) is 0 Å². The van der Waals surface area contributed by atoms with Crippen LogP contribution in [0.5, 0.6) is 0 Å². The molecule has 1 spiro atoms.